The van der Waals surface area contributed by atoms with E-state index in [2.05, 4.69) is 27.5 Å². The summed E-state index contributed by atoms with van der Waals surface area (Å²) in [6.45, 7) is 8.10. The van der Waals surface area contributed by atoms with Crippen LogP contribution in [0.1, 0.15) is 35.8 Å². The number of nitrogens with zero attached hydrogens (tertiary/aromatic N) is 4. The third-order valence-corrected chi connectivity index (χ3v) is 4.76. The fraction of sp³-hybridized carbons (Fsp3) is 0.227. The van der Waals surface area contributed by atoms with Gasteiger partial charge in [0, 0.05) is 5.56 Å². The molecule has 0 spiro atoms. The van der Waals surface area contributed by atoms with Crippen molar-refractivity contribution in [3.05, 3.63) is 77.4 Å². The Morgan fingerprint density at radius 3 is 2.36 bits per heavy atom. The number of anilines is 1. The Morgan fingerprint density at radius 1 is 0.929 bits per heavy atom. The monoisotopic (exact) mass is 373 g/mol. The van der Waals surface area contributed by atoms with Crippen LogP contribution >= 0.6 is 0 Å². The molecule has 1 N–H and O–H groups in total. The molecule has 0 radical (unpaired) electrons. The van der Waals surface area contributed by atoms with E-state index >= 15 is 0 Å². The lowest BCUT2D eigenvalue weighted by Crippen LogP contribution is -2.08. The van der Waals surface area contributed by atoms with Crippen LogP contribution in [-0.4, -0.2) is 20.0 Å². The van der Waals surface area contributed by atoms with Crippen LogP contribution in [0.3, 0.4) is 0 Å². The quantitative estimate of drug-likeness (QED) is 0.532. The van der Waals surface area contributed by atoms with Crippen LogP contribution in [0.25, 0.3) is 17.1 Å². The first-order valence-corrected chi connectivity index (χ1v) is 9.31. The van der Waals surface area contributed by atoms with E-state index in [1.807, 2.05) is 80.1 Å². The highest BCUT2D eigenvalue weighted by atomic mass is 16.4. The smallest absolute Gasteiger partial charge is 0.247 e. The predicted molar refractivity (Wildman–Crippen MR) is 110 cm³/mol. The molecule has 4 aromatic rings. The van der Waals surface area contributed by atoms with Crippen molar-refractivity contribution >= 4 is 5.69 Å². The average molecular weight is 373 g/mol. The van der Waals surface area contributed by atoms with Crippen molar-refractivity contribution in [2.24, 2.45) is 0 Å². The number of nitrogens with one attached hydrogen (secondary N) is 1. The maximum absolute atomic E-state index is 5.90. The molecule has 28 heavy (non-hydrogen) atoms. The minimum absolute atomic E-state index is 0.141. The largest absolute Gasteiger partial charge is 0.418 e. The van der Waals surface area contributed by atoms with Gasteiger partial charge in [0.15, 0.2) is 0 Å². The summed E-state index contributed by atoms with van der Waals surface area (Å²) in [5.41, 5.74) is 6.08. The fourth-order valence-corrected chi connectivity index (χ4v) is 3.17. The van der Waals surface area contributed by atoms with Gasteiger partial charge < -0.3 is 9.73 Å². The zero-order valence-corrected chi connectivity index (χ0v) is 16.5. The summed E-state index contributed by atoms with van der Waals surface area (Å²) in [4.78, 5) is 0. The molecule has 0 aliphatic rings. The zero-order chi connectivity index (χ0) is 19.7. The van der Waals surface area contributed by atoms with E-state index in [0.29, 0.717) is 11.8 Å². The lowest BCUT2D eigenvalue weighted by Gasteiger charge is -2.12. The molecule has 0 fully saturated rings. The van der Waals surface area contributed by atoms with Gasteiger partial charge in [-0.25, -0.2) is 4.68 Å². The van der Waals surface area contributed by atoms with E-state index in [4.69, 9.17) is 4.42 Å². The van der Waals surface area contributed by atoms with E-state index < -0.39 is 0 Å². The number of hydrogen-bond donors (Lipinski definition) is 1. The highest BCUT2D eigenvalue weighted by Gasteiger charge is 2.19. The predicted octanol–water partition coefficient (Wildman–Crippen LogP) is 5.02. The molecule has 0 saturated carbocycles. The molecule has 6 heteroatoms. The lowest BCUT2D eigenvalue weighted by atomic mass is 10.1. The second-order valence-electron chi connectivity index (χ2n) is 6.97. The molecular weight excluding hydrogens is 350 g/mol. The van der Waals surface area contributed by atoms with E-state index in [9.17, 15) is 0 Å². The van der Waals surface area contributed by atoms with Crippen molar-refractivity contribution in [2.45, 2.75) is 33.7 Å². The third kappa shape index (κ3) is 3.41. The van der Waals surface area contributed by atoms with Crippen molar-refractivity contribution in [1.82, 2.24) is 20.0 Å². The first-order valence-electron chi connectivity index (χ1n) is 9.31. The second-order valence-corrected chi connectivity index (χ2v) is 6.97. The Morgan fingerprint density at radius 2 is 1.64 bits per heavy atom. The molecule has 142 valence electrons. The lowest BCUT2D eigenvalue weighted by molar-refractivity contribution is 0.485. The molecule has 0 unspecified atom stereocenters. The molecule has 2 aromatic heterocycles. The normalized spacial score (nSPS) is 12.1. The van der Waals surface area contributed by atoms with Gasteiger partial charge in [-0.1, -0.05) is 35.9 Å². The van der Waals surface area contributed by atoms with E-state index in [1.54, 1.807) is 0 Å². The van der Waals surface area contributed by atoms with Gasteiger partial charge in [0.2, 0.25) is 11.8 Å². The number of hydrogen-bond acceptors (Lipinski definition) is 5. The van der Waals surface area contributed by atoms with Gasteiger partial charge >= 0.3 is 0 Å². The molecular formula is C22H23N5O. The van der Waals surface area contributed by atoms with Gasteiger partial charge in [0.05, 0.1) is 22.8 Å². The number of rotatable bonds is 5. The van der Waals surface area contributed by atoms with Crippen molar-refractivity contribution < 1.29 is 4.42 Å². The first kappa shape index (κ1) is 18.0. The summed E-state index contributed by atoms with van der Waals surface area (Å²) in [6.07, 6.45) is 0. The zero-order valence-electron chi connectivity index (χ0n) is 16.5. The average Bonchev–Trinajstić information content (AvgIpc) is 3.30. The molecule has 2 heterocycles. The van der Waals surface area contributed by atoms with Crippen molar-refractivity contribution in [2.75, 3.05) is 5.32 Å². The van der Waals surface area contributed by atoms with Crippen LogP contribution in [0, 0.1) is 20.8 Å². The van der Waals surface area contributed by atoms with E-state index in [-0.39, 0.29) is 6.04 Å². The molecule has 2 aromatic carbocycles. The van der Waals surface area contributed by atoms with Crippen LogP contribution in [-0.2, 0) is 0 Å². The van der Waals surface area contributed by atoms with Gasteiger partial charge in [-0.3, -0.25) is 0 Å². The van der Waals surface area contributed by atoms with Gasteiger partial charge in [0.25, 0.3) is 0 Å². The van der Waals surface area contributed by atoms with Crippen LogP contribution in [0.5, 0.6) is 0 Å². The Kier molecular flexibility index (Phi) is 4.69. The fourth-order valence-electron chi connectivity index (χ4n) is 3.17. The van der Waals surface area contributed by atoms with Crippen molar-refractivity contribution in [1.29, 1.82) is 0 Å². The molecule has 0 saturated heterocycles. The molecule has 0 bridgehead atoms. The highest BCUT2D eigenvalue weighted by molar-refractivity contribution is 5.56. The third-order valence-electron chi connectivity index (χ3n) is 4.76. The Labute approximate surface area is 164 Å². The van der Waals surface area contributed by atoms with Gasteiger partial charge in [-0.2, -0.15) is 5.10 Å². The van der Waals surface area contributed by atoms with E-state index in [0.717, 1.165) is 28.3 Å². The van der Waals surface area contributed by atoms with E-state index in [1.165, 1.54) is 5.56 Å². The Hall–Kier alpha value is -3.41. The maximum Gasteiger partial charge on any atom is 0.247 e. The second kappa shape index (κ2) is 7.31. The molecule has 4 rings (SSSR count). The van der Waals surface area contributed by atoms with Gasteiger partial charge in [-0.15, -0.1) is 10.2 Å². The van der Waals surface area contributed by atoms with Crippen molar-refractivity contribution in [3.8, 4) is 17.1 Å². The number of benzene rings is 2. The number of para-hydroxylation sites is 1. The minimum atomic E-state index is -0.141. The summed E-state index contributed by atoms with van der Waals surface area (Å²) in [5.74, 6) is 1.07. The van der Waals surface area contributed by atoms with Gasteiger partial charge in [-0.05, 0) is 52.0 Å². The van der Waals surface area contributed by atoms with Crippen LogP contribution in [0.2, 0.25) is 0 Å². The standard InChI is InChI=1S/C22H23N5O/c1-14-10-12-18(13-11-14)22-25-24-21(28-22)16(3)23-20-15(2)26-27(17(20)4)19-8-6-5-7-9-19/h5-13,16,23H,1-4H3/t16-/m0/s1. The van der Waals surface area contributed by atoms with Crippen LogP contribution < -0.4 is 5.32 Å². The Balaban J connectivity index is 1.57. The summed E-state index contributed by atoms with van der Waals surface area (Å²) in [7, 11) is 0. The molecule has 0 aliphatic carbocycles. The first-order chi connectivity index (χ1) is 13.5. The number of aryl methyl sites for hydroxylation is 2. The van der Waals surface area contributed by atoms with Crippen molar-refractivity contribution in [3.63, 3.8) is 0 Å². The van der Waals surface area contributed by atoms with Crippen LogP contribution in [0.4, 0.5) is 5.69 Å². The summed E-state index contributed by atoms with van der Waals surface area (Å²) in [5, 5.41) is 16.6. The van der Waals surface area contributed by atoms with Gasteiger partial charge in [0.1, 0.15) is 6.04 Å². The molecule has 1 atom stereocenters. The topological polar surface area (TPSA) is 68.8 Å². The summed E-state index contributed by atoms with van der Waals surface area (Å²) >= 11 is 0. The maximum atomic E-state index is 5.90. The SMILES string of the molecule is Cc1ccc(-c2nnc([C@H](C)Nc3c(C)nn(-c4ccccc4)c3C)o2)cc1. The minimum Gasteiger partial charge on any atom is -0.418 e. The highest BCUT2D eigenvalue weighted by Crippen LogP contribution is 2.28. The summed E-state index contributed by atoms with van der Waals surface area (Å²) in [6, 6.07) is 18.0. The number of aromatic nitrogens is 4. The summed E-state index contributed by atoms with van der Waals surface area (Å²) < 4.78 is 7.84. The molecule has 6 nitrogen and oxygen atoms in total. The molecule has 0 amide bonds. The Bertz CT molecular complexity index is 1080. The van der Waals surface area contributed by atoms with Crippen LogP contribution in [0.15, 0.2) is 59.0 Å². The molecule has 0 aliphatic heterocycles.